The summed E-state index contributed by atoms with van der Waals surface area (Å²) >= 11 is 1.67. The van der Waals surface area contributed by atoms with Crippen LogP contribution in [-0.2, 0) is 11.3 Å². The Morgan fingerprint density at radius 1 is 1.25 bits per heavy atom. The average Bonchev–Trinajstić information content (AvgIpc) is 3.11. The molecule has 1 aromatic rings. The van der Waals surface area contributed by atoms with Crippen LogP contribution in [0.3, 0.4) is 0 Å². The Labute approximate surface area is 148 Å². The second kappa shape index (κ2) is 6.70. The van der Waals surface area contributed by atoms with Gasteiger partial charge in [-0.15, -0.1) is 0 Å². The van der Waals surface area contributed by atoms with Gasteiger partial charge in [-0.25, -0.2) is 0 Å². The zero-order valence-electron chi connectivity index (χ0n) is 14.0. The molecule has 24 heavy (non-hydrogen) atoms. The fourth-order valence-corrected chi connectivity index (χ4v) is 5.74. The van der Waals surface area contributed by atoms with Crippen LogP contribution < -0.4 is 5.32 Å². The van der Waals surface area contributed by atoms with Crippen molar-refractivity contribution in [3.8, 4) is 0 Å². The Balaban J connectivity index is 1.37. The molecule has 3 heterocycles. The van der Waals surface area contributed by atoms with Crippen molar-refractivity contribution in [2.45, 2.75) is 62.4 Å². The third kappa shape index (κ3) is 3.22. The monoisotopic (exact) mass is 346 g/mol. The fourth-order valence-electron chi connectivity index (χ4n) is 4.50. The first kappa shape index (κ1) is 16.4. The lowest BCUT2D eigenvalue weighted by Crippen LogP contribution is -2.55. The summed E-state index contributed by atoms with van der Waals surface area (Å²) in [5, 5.41) is 13.6. The van der Waals surface area contributed by atoms with Crippen molar-refractivity contribution in [1.82, 2.24) is 10.2 Å². The molecule has 2 bridgehead atoms. The van der Waals surface area contributed by atoms with Crippen LogP contribution in [0.15, 0.2) is 30.3 Å². The number of amides is 1. The predicted molar refractivity (Wildman–Crippen MR) is 96.9 cm³/mol. The Morgan fingerprint density at radius 2 is 1.96 bits per heavy atom. The van der Waals surface area contributed by atoms with E-state index in [2.05, 4.69) is 40.5 Å². The Morgan fingerprint density at radius 3 is 2.58 bits per heavy atom. The lowest BCUT2D eigenvalue weighted by atomic mass is 9.94. The molecule has 0 aromatic heterocycles. The molecule has 3 aliphatic rings. The molecule has 130 valence electrons. The molecule has 4 nitrogen and oxygen atoms in total. The van der Waals surface area contributed by atoms with E-state index in [1.807, 2.05) is 0 Å². The van der Waals surface area contributed by atoms with Gasteiger partial charge >= 0.3 is 0 Å². The molecular formula is C19H26N2O2S. The minimum Gasteiger partial charge on any atom is -0.379 e. The van der Waals surface area contributed by atoms with Gasteiger partial charge in [-0.2, -0.15) is 11.8 Å². The summed E-state index contributed by atoms with van der Waals surface area (Å²) in [4.78, 5) is 15.1. The molecule has 0 spiro atoms. The Bertz CT molecular complexity index is 574. The van der Waals surface area contributed by atoms with Crippen LogP contribution >= 0.6 is 11.8 Å². The maximum absolute atomic E-state index is 12.5. The molecule has 1 aromatic carbocycles. The lowest BCUT2D eigenvalue weighted by Gasteiger charge is -2.40. The number of carbonyl (C=O) groups excluding carboxylic acids is 1. The summed E-state index contributed by atoms with van der Waals surface area (Å²) in [5.41, 5.74) is 0.236. The molecule has 3 fully saturated rings. The standard InChI is InChI=1S/C19H26N2O2S/c22-18(19(23)8-9-24-13-19)20-15-10-16-6-7-17(11-15)21(16)12-14-4-2-1-3-5-14/h1-5,15-17,23H,6-13H2,(H,20,22). The van der Waals surface area contributed by atoms with Gasteiger partial charge in [-0.3, -0.25) is 9.69 Å². The topological polar surface area (TPSA) is 52.6 Å². The smallest absolute Gasteiger partial charge is 0.253 e. The van der Waals surface area contributed by atoms with Gasteiger partial charge in [0.2, 0.25) is 0 Å². The predicted octanol–water partition coefficient (Wildman–Crippen LogP) is 2.17. The largest absolute Gasteiger partial charge is 0.379 e. The van der Waals surface area contributed by atoms with Crippen LogP contribution in [0.1, 0.15) is 37.7 Å². The van der Waals surface area contributed by atoms with E-state index < -0.39 is 5.60 Å². The second-order valence-electron chi connectivity index (χ2n) is 7.52. The fraction of sp³-hybridized carbons (Fsp3) is 0.632. The molecule has 1 amide bonds. The zero-order chi connectivity index (χ0) is 16.6. The lowest BCUT2D eigenvalue weighted by molar-refractivity contribution is -0.138. The minimum absolute atomic E-state index is 0.145. The summed E-state index contributed by atoms with van der Waals surface area (Å²) in [5.74, 6) is 1.27. The minimum atomic E-state index is -1.13. The Hall–Kier alpha value is -1.04. The van der Waals surface area contributed by atoms with Gasteiger partial charge in [0.25, 0.3) is 5.91 Å². The van der Waals surface area contributed by atoms with Crippen LogP contribution in [0.2, 0.25) is 0 Å². The number of nitrogens with zero attached hydrogens (tertiary/aromatic N) is 1. The zero-order valence-corrected chi connectivity index (χ0v) is 14.8. The summed E-state index contributed by atoms with van der Waals surface area (Å²) in [6.45, 7) is 1.01. The van der Waals surface area contributed by atoms with Crippen LogP contribution in [0.5, 0.6) is 0 Å². The first-order valence-electron chi connectivity index (χ1n) is 9.05. The maximum Gasteiger partial charge on any atom is 0.253 e. The van der Waals surface area contributed by atoms with Crippen LogP contribution in [-0.4, -0.2) is 51.1 Å². The van der Waals surface area contributed by atoms with Crippen LogP contribution in [0.4, 0.5) is 0 Å². The summed E-state index contributed by atoms with van der Waals surface area (Å²) < 4.78 is 0. The summed E-state index contributed by atoms with van der Waals surface area (Å²) in [6, 6.07) is 12.0. The van der Waals surface area contributed by atoms with Gasteiger partial charge in [-0.05, 0) is 43.4 Å². The molecule has 3 saturated heterocycles. The van der Waals surface area contributed by atoms with Crippen molar-refractivity contribution in [3.05, 3.63) is 35.9 Å². The second-order valence-corrected chi connectivity index (χ2v) is 8.62. The van der Waals surface area contributed by atoms with Gasteiger partial charge in [0.05, 0.1) is 0 Å². The first-order chi connectivity index (χ1) is 11.6. The highest BCUT2D eigenvalue weighted by Gasteiger charge is 2.44. The number of thioether (sulfide) groups is 1. The number of hydrogen-bond donors (Lipinski definition) is 2. The van der Waals surface area contributed by atoms with Crippen molar-refractivity contribution in [3.63, 3.8) is 0 Å². The number of benzene rings is 1. The van der Waals surface area contributed by atoms with E-state index in [-0.39, 0.29) is 11.9 Å². The normalized spacial score (nSPS) is 36.0. The number of piperidine rings is 1. The highest BCUT2D eigenvalue weighted by Crippen LogP contribution is 2.37. The number of aliphatic hydroxyl groups is 1. The summed E-state index contributed by atoms with van der Waals surface area (Å²) in [6.07, 6.45) is 5.06. The molecule has 3 unspecified atom stereocenters. The van der Waals surface area contributed by atoms with Crippen LogP contribution in [0, 0.1) is 0 Å². The van der Waals surface area contributed by atoms with Crippen molar-refractivity contribution < 1.29 is 9.90 Å². The van der Waals surface area contributed by atoms with Crippen molar-refractivity contribution in [2.75, 3.05) is 11.5 Å². The third-order valence-corrected chi connectivity index (χ3v) is 7.03. The molecule has 3 atom stereocenters. The van der Waals surface area contributed by atoms with Gasteiger partial charge in [0.15, 0.2) is 5.60 Å². The highest BCUT2D eigenvalue weighted by atomic mass is 32.2. The van der Waals surface area contributed by atoms with E-state index in [1.165, 1.54) is 18.4 Å². The molecule has 2 N–H and O–H groups in total. The van der Waals surface area contributed by atoms with E-state index in [1.54, 1.807) is 11.8 Å². The molecular weight excluding hydrogens is 320 g/mol. The van der Waals surface area contributed by atoms with Gasteiger partial charge < -0.3 is 10.4 Å². The average molecular weight is 346 g/mol. The number of nitrogens with one attached hydrogen (secondary N) is 1. The number of hydrogen-bond acceptors (Lipinski definition) is 4. The van der Waals surface area contributed by atoms with E-state index in [0.717, 1.165) is 25.1 Å². The van der Waals surface area contributed by atoms with Crippen molar-refractivity contribution in [1.29, 1.82) is 0 Å². The van der Waals surface area contributed by atoms with Crippen molar-refractivity contribution in [2.24, 2.45) is 0 Å². The van der Waals surface area contributed by atoms with Crippen LogP contribution in [0.25, 0.3) is 0 Å². The van der Waals surface area contributed by atoms with E-state index in [0.29, 0.717) is 24.3 Å². The number of fused-ring (bicyclic) bond motifs is 2. The third-order valence-electron chi connectivity index (χ3n) is 5.85. The highest BCUT2D eigenvalue weighted by molar-refractivity contribution is 7.99. The molecule has 5 heteroatoms. The number of rotatable bonds is 4. The van der Waals surface area contributed by atoms with E-state index in [9.17, 15) is 9.90 Å². The first-order valence-corrected chi connectivity index (χ1v) is 10.2. The molecule has 0 saturated carbocycles. The van der Waals surface area contributed by atoms with Crippen molar-refractivity contribution >= 4 is 17.7 Å². The summed E-state index contributed by atoms with van der Waals surface area (Å²) in [7, 11) is 0. The maximum atomic E-state index is 12.5. The quantitative estimate of drug-likeness (QED) is 0.877. The van der Waals surface area contributed by atoms with Gasteiger partial charge in [-0.1, -0.05) is 30.3 Å². The van der Waals surface area contributed by atoms with Gasteiger partial charge in [0, 0.05) is 30.4 Å². The number of carbonyl (C=O) groups is 1. The van der Waals surface area contributed by atoms with E-state index >= 15 is 0 Å². The van der Waals surface area contributed by atoms with Gasteiger partial charge in [0.1, 0.15) is 0 Å². The van der Waals surface area contributed by atoms with E-state index in [4.69, 9.17) is 0 Å². The molecule has 4 rings (SSSR count). The Kier molecular flexibility index (Phi) is 4.58. The molecule has 0 radical (unpaired) electrons. The molecule has 0 aliphatic carbocycles. The SMILES string of the molecule is O=C(NC1CC2CCC(C1)N2Cc1ccccc1)C1(O)CCSC1. The molecule has 3 aliphatic heterocycles.